The van der Waals surface area contributed by atoms with Crippen molar-refractivity contribution < 1.29 is 72.4 Å². The van der Waals surface area contributed by atoms with Crippen molar-refractivity contribution in [3.8, 4) is 0 Å². The van der Waals surface area contributed by atoms with Crippen molar-refractivity contribution >= 4 is 17.9 Å². The molecule has 0 aromatic rings. The van der Waals surface area contributed by atoms with Crippen LogP contribution in [0.1, 0.15) is 71.1 Å². The molecular weight excluding hydrogens is 386 g/mol. The summed E-state index contributed by atoms with van der Waals surface area (Å²) >= 11 is 0. The number of phosphoric acid groups is 1. The number of hydrogen-bond donors (Lipinski definition) is 4. The van der Waals surface area contributed by atoms with E-state index in [-0.39, 0.29) is 40.8 Å². The van der Waals surface area contributed by atoms with Crippen LogP contribution in [0.25, 0.3) is 0 Å². The van der Waals surface area contributed by atoms with Gasteiger partial charge in [0.05, 0.1) is 10.1 Å². The van der Waals surface area contributed by atoms with Gasteiger partial charge >= 0.3 is 37.4 Å². The van der Waals surface area contributed by atoms with Crippen LogP contribution < -0.4 is 29.6 Å². The molecule has 9 nitrogen and oxygen atoms in total. The molecule has 0 radical (unpaired) electrons. The van der Waals surface area contributed by atoms with Crippen LogP contribution in [0.5, 0.6) is 0 Å². The van der Waals surface area contributed by atoms with E-state index in [1.54, 1.807) is 0 Å². The summed E-state index contributed by atoms with van der Waals surface area (Å²) in [7, 11) is -7.62. The molecule has 0 aromatic carbocycles. The molecular formula is C13H34NaO9PS. The van der Waals surface area contributed by atoms with Crippen LogP contribution >= 0.6 is 7.82 Å². The topological polar surface area (TPSA) is 187 Å². The summed E-state index contributed by atoms with van der Waals surface area (Å²) in [5, 5.41) is 7.00. The number of unbranched alkanes of at least 4 members (excludes halogenated alkanes) is 9. The quantitative estimate of drug-likeness (QED) is 0.132. The van der Waals surface area contributed by atoms with E-state index < -0.39 is 17.9 Å². The molecule has 0 aliphatic rings. The summed E-state index contributed by atoms with van der Waals surface area (Å²) in [6.07, 6.45) is 11.4. The van der Waals surface area contributed by atoms with Gasteiger partial charge in [-0.2, -0.15) is 0 Å². The fraction of sp³-hybridized carbons (Fsp3) is 1.00. The van der Waals surface area contributed by atoms with Crippen molar-refractivity contribution in [1.82, 2.24) is 0 Å². The maximum atomic E-state index is 10.3. The van der Waals surface area contributed by atoms with Crippen LogP contribution in [0.2, 0.25) is 0 Å². The van der Waals surface area contributed by atoms with Crippen molar-refractivity contribution in [3.63, 3.8) is 0 Å². The van der Waals surface area contributed by atoms with E-state index >= 15 is 0 Å². The molecule has 0 rings (SSSR count). The number of rotatable bonds is 11. The smallest absolute Gasteiger partial charge is 0.748 e. The summed E-state index contributed by atoms with van der Waals surface area (Å²) in [4.78, 5) is 21.6. The van der Waals surface area contributed by atoms with E-state index in [0.717, 1.165) is 20.0 Å². The average molecular weight is 420 g/mol. The minimum Gasteiger partial charge on any atom is -0.748 e. The maximum absolute atomic E-state index is 10.3. The van der Waals surface area contributed by atoms with E-state index in [4.69, 9.17) is 24.4 Å². The minimum atomic E-state index is -4.64. The molecule has 0 aliphatic carbocycles. The first-order valence-corrected chi connectivity index (χ1v) is 10.9. The van der Waals surface area contributed by atoms with Gasteiger partial charge in [0, 0.05) is 12.9 Å². The first kappa shape index (κ1) is 36.8. The molecule has 0 spiro atoms. The standard InChI is InChI=1S/C12H26O3S.CH4O.Na.H3O4P.H2O/c1-2-3-4-5-6-7-8-9-10-11-12-16(13,14)15;1-2;;1-5(2,3)4;/h2-12H2,1H3,(H,13,14,15);2H,1H3;;(H3,1,2,3,4);1H2/q;;+1;;/p-1. The zero-order valence-electron chi connectivity index (χ0n) is 15.6. The van der Waals surface area contributed by atoms with Crippen LogP contribution in [-0.2, 0) is 14.7 Å². The second-order valence-electron chi connectivity index (χ2n) is 4.96. The average Bonchev–Trinajstić information content (AvgIpc) is 2.40. The van der Waals surface area contributed by atoms with Crippen LogP contribution in [0, 0.1) is 0 Å². The van der Waals surface area contributed by atoms with Crippen molar-refractivity contribution in [2.24, 2.45) is 0 Å². The summed E-state index contributed by atoms with van der Waals surface area (Å²) in [5.74, 6) is -0.191. The predicted octanol–water partition coefficient (Wildman–Crippen LogP) is -1.69. The molecule has 0 fully saturated rings. The molecule has 0 heterocycles. The van der Waals surface area contributed by atoms with Gasteiger partial charge in [-0.1, -0.05) is 64.7 Å². The van der Waals surface area contributed by atoms with E-state index in [1.165, 1.54) is 44.9 Å². The van der Waals surface area contributed by atoms with Crippen LogP contribution in [0.4, 0.5) is 0 Å². The van der Waals surface area contributed by atoms with Crippen molar-refractivity contribution in [1.29, 1.82) is 0 Å². The summed E-state index contributed by atoms with van der Waals surface area (Å²) in [5.41, 5.74) is 0. The van der Waals surface area contributed by atoms with Crippen LogP contribution in [-0.4, -0.2) is 51.1 Å². The molecule has 0 aromatic heterocycles. The zero-order chi connectivity index (χ0) is 18.8. The van der Waals surface area contributed by atoms with Crippen LogP contribution in [0.15, 0.2) is 0 Å². The molecule has 12 heteroatoms. The molecule has 0 saturated carbocycles. The number of aliphatic hydroxyl groups excluding tert-OH is 1. The number of aliphatic hydroxyl groups is 1. The Morgan fingerprint density at radius 3 is 1.28 bits per heavy atom. The molecule has 0 aliphatic heterocycles. The number of hydrogen-bond acceptors (Lipinski definition) is 5. The predicted molar refractivity (Wildman–Crippen MR) is 92.4 cm³/mol. The van der Waals surface area contributed by atoms with E-state index in [0.29, 0.717) is 6.42 Å². The maximum Gasteiger partial charge on any atom is 1.00 e. The van der Waals surface area contributed by atoms with Gasteiger partial charge in [0.25, 0.3) is 0 Å². The first-order chi connectivity index (χ1) is 10.6. The summed E-state index contributed by atoms with van der Waals surface area (Å²) in [6, 6.07) is 0. The Kier molecular flexibility index (Phi) is 36.7. The van der Waals surface area contributed by atoms with Gasteiger partial charge in [0.2, 0.25) is 0 Å². The van der Waals surface area contributed by atoms with E-state index in [2.05, 4.69) is 6.92 Å². The molecule has 25 heavy (non-hydrogen) atoms. The van der Waals surface area contributed by atoms with Crippen LogP contribution in [0.3, 0.4) is 0 Å². The first-order valence-electron chi connectivity index (χ1n) is 7.73. The Morgan fingerprint density at radius 2 is 1.04 bits per heavy atom. The van der Waals surface area contributed by atoms with Gasteiger partial charge in [0.15, 0.2) is 0 Å². The van der Waals surface area contributed by atoms with Gasteiger partial charge in [-0.3, -0.25) is 0 Å². The largest absolute Gasteiger partial charge is 1.00 e. The fourth-order valence-electron chi connectivity index (χ4n) is 1.77. The molecule has 0 bridgehead atoms. The van der Waals surface area contributed by atoms with Crippen molar-refractivity contribution in [2.75, 3.05) is 12.9 Å². The third-order valence-corrected chi connectivity index (χ3v) is 3.54. The zero-order valence-corrected chi connectivity index (χ0v) is 19.3. The monoisotopic (exact) mass is 420 g/mol. The van der Waals surface area contributed by atoms with E-state index in [9.17, 15) is 13.0 Å². The summed E-state index contributed by atoms with van der Waals surface area (Å²) in [6.45, 7) is 2.21. The molecule has 152 valence electrons. The van der Waals surface area contributed by atoms with E-state index in [1.807, 2.05) is 0 Å². The molecule has 6 N–H and O–H groups in total. The SMILES string of the molecule is CCCCCCCCCCCCS(=O)(=O)[O-].CO.O.O=P(O)(O)O.[Na+]. The Morgan fingerprint density at radius 1 is 0.800 bits per heavy atom. The molecule has 0 amide bonds. The second kappa shape index (κ2) is 24.9. The molecule has 0 saturated heterocycles. The third-order valence-electron chi connectivity index (χ3n) is 2.75. The Bertz CT molecular complexity index is 365. The van der Waals surface area contributed by atoms with Gasteiger partial charge in [-0.25, -0.2) is 13.0 Å². The summed E-state index contributed by atoms with van der Waals surface area (Å²) < 4.78 is 39.8. The van der Waals surface area contributed by atoms with Crippen molar-refractivity contribution in [2.45, 2.75) is 71.1 Å². The normalized spacial score (nSPS) is 10.2. The third kappa shape index (κ3) is 67.5. The Labute approximate surface area is 173 Å². The Balaban J connectivity index is -0.000000127. The van der Waals surface area contributed by atoms with Gasteiger partial charge in [-0.05, 0) is 6.42 Å². The second-order valence-corrected chi connectivity index (χ2v) is 7.51. The van der Waals surface area contributed by atoms with Gasteiger partial charge < -0.3 is 29.8 Å². The Hall–Kier alpha value is 0.940. The molecule has 0 atom stereocenters. The minimum absolute atomic E-state index is 0. The van der Waals surface area contributed by atoms with Crippen molar-refractivity contribution in [3.05, 3.63) is 0 Å². The molecule has 0 unspecified atom stereocenters. The van der Waals surface area contributed by atoms with Gasteiger partial charge in [0.1, 0.15) is 0 Å². The van der Waals surface area contributed by atoms with Gasteiger partial charge in [-0.15, -0.1) is 0 Å². The fourth-order valence-corrected chi connectivity index (χ4v) is 2.32.